The van der Waals surface area contributed by atoms with Crippen molar-refractivity contribution in [3.05, 3.63) is 28.7 Å². The number of likely N-dealkylation sites (tertiary alicyclic amines) is 1. The Morgan fingerprint density at radius 2 is 1.78 bits per heavy atom. The molecule has 2 unspecified atom stereocenters. The van der Waals surface area contributed by atoms with Gasteiger partial charge in [0.05, 0.1) is 0 Å². The zero-order valence-corrected chi connectivity index (χ0v) is 12.2. The quantitative estimate of drug-likeness (QED) is 0.843. The highest BCUT2D eigenvalue weighted by atomic mass is 79.9. The van der Waals surface area contributed by atoms with E-state index in [1.165, 1.54) is 32.4 Å². The van der Waals surface area contributed by atoms with Crippen molar-refractivity contribution in [2.45, 2.75) is 19.3 Å². The van der Waals surface area contributed by atoms with E-state index in [1.807, 2.05) is 24.3 Å². The molecule has 0 spiro atoms. The third-order valence-electron chi connectivity index (χ3n) is 4.29. The molecule has 0 N–H and O–H groups in total. The third kappa shape index (κ3) is 2.89. The summed E-state index contributed by atoms with van der Waals surface area (Å²) in [6.45, 7) is 4.48. The third-order valence-corrected chi connectivity index (χ3v) is 4.82. The zero-order valence-electron chi connectivity index (χ0n) is 10.6. The van der Waals surface area contributed by atoms with Crippen molar-refractivity contribution >= 4 is 15.9 Å². The van der Waals surface area contributed by atoms with E-state index in [9.17, 15) is 0 Å². The molecule has 98 valence electrons. The maximum Gasteiger partial charge on any atom is 0.119 e. The van der Waals surface area contributed by atoms with E-state index in [0.717, 1.165) is 35.2 Å². The first kappa shape index (κ1) is 12.5. The number of nitrogens with zero attached hydrogens (tertiary/aromatic N) is 1. The molecule has 2 nitrogen and oxygen atoms in total. The molecule has 1 aliphatic heterocycles. The normalized spacial score (nSPS) is 27.4. The number of fused-ring (bicyclic) bond motifs is 1. The van der Waals surface area contributed by atoms with Crippen molar-refractivity contribution in [2.24, 2.45) is 11.8 Å². The van der Waals surface area contributed by atoms with Crippen molar-refractivity contribution < 1.29 is 4.74 Å². The second-order valence-corrected chi connectivity index (χ2v) is 6.43. The lowest BCUT2D eigenvalue weighted by Gasteiger charge is -2.16. The van der Waals surface area contributed by atoms with Gasteiger partial charge in [-0.15, -0.1) is 0 Å². The van der Waals surface area contributed by atoms with Crippen LogP contribution in [0.1, 0.15) is 19.3 Å². The Kier molecular flexibility index (Phi) is 3.90. The lowest BCUT2D eigenvalue weighted by Crippen LogP contribution is -2.27. The van der Waals surface area contributed by atoms with Gasteiger partial charge in [0.15, 0.2) is 0 Å². The molecule has 1 aliphatic carbocycles. The van der Waals surface area contributed by atoms with Gasteiger partial charge in [0.1, 0.15) is 12.4 Å². The van der Waals surface area contributed by atoms with Crippen LogP contribution in [0.3, 0.4) is 0 Å². The van der Waals surface area contributed by atoms with Crippen LogP contribution in [0.5, 0.6) is 5.75 Å². The maximum absolute atomic E-state index is 5.78. The molecule has 1 aromatic rings. The topological polar surface area (TPSA) is 12.5 Å². The molecule has 0 amide bonds. The summed E-state index contributed by atoms with van der Waals surface area (Å²) in [4.78, 5) is 2.58. The Balaban J connectivity index is 1.41. The van der Waals surface area contributed by atoms with Gasteiger partial charge in [-0.2, -0.15) is 0 Å². The van der Waals surface area contributed by atoms with Crippen molar-refractivity contribution in [1.82, 2.24) is 4.90 Å². The van der Waals surface area contributed by atoms with Gasteiger partial charge in [-0.05, 0) is 48.9 Å². The van der Waals surface area contributed by atoms with Crippen LogP contribution in [0.2, 0.25) is 0 Å². The average Bonchev–Trinajstić information content (AvgIpc) is 2.92. The fourth-order valence-corrected chi connectivity index (χ4v) is 3.60. The highest BCUT2D eigenvalue weighted by Crippen LogP contribution is 2.37. The van der Waals surface area contributed by atoms with E-state index >= 15 is 0 Å². The molecule has 18 heavy (non-hydrogen) atoms. The summed E-state index contributed by atoms with van der Waals surface area (Å²) in [5, 5.41) is 0. The Morgan fingerprint density at radius 1 is 1.11 bits per heavy atom. The SMILES string of the molecule is Brc1ccc(OCCN2CC3CCCC3C2)cc1. The molecule has 2 atom stereocenters. The number of rotatable bonds is 4. The van der Waals surface area contributed by atoms with Gasteiger partial charge in [-0.1, -0.05) is 22.4 Å². The summed E-state index contributed by atoms with van der Waals surface area (Å²) in [5.74, 6) is 2.94. The van der Waals surface area contributed by atoms with Gasteiger partial charge in [-0.3, -0.25) is 4.90 Å². The van der Waals surface area contributed by atoms with Crippen molar-refractivity contribution in [2.75, 3.05) is 26.2 Å². The first-order valence-electron chi connectivity index (χ1n) is 6.92. The summed E-state index contributed by atoms with van der Waals surface area (Å²) in [5.41, 5.74) is 0. The molecule has 1 aromatic carbocycles. The molecule has 2 aliphatic rings. The molecular formula is C15H20BrNO. The molecule has 1 saturated carbocycles. The van der Waals surface area contributed by atoms with Gasteiger partial charge >= 0.3 is 0 Å². The van der Waals surface area contributed by atoms with Gasteiger partial charge in [0.2, 0.25) is 0 Å². The summed E-state index contributed by atoms with van der Waals surface area (Å²) in [7, 11) is 0. The van der Waals surface area contributed by atoms with Gasteiger partial charge in [-0.25, -0.2) is 0 Å². The van der Waals surface area contributed by atoms with Crippen LogP contribution in [0.25, 0.3) is 0 Å². The molecule has 1 heterocycles. The first-order valence-corrected chi connectivity index (χ1v) is 7.71. The van der Waals surface area contributed by atoms with Gasteiger partial charge < -0.3 is 4.74 Å². The Bertz CT molecular complexity index is 380. The van der Waals surface area contributed by atoms with E-state index in [0.29, 0.717) is 0 Å². The summed E-state index contributed by atoms with van der Waals surface area (Å²) in [6, 6.07) is 8.08. The molecule has 0 bridgehead atoms. The summed E-state index contributed by atoms with van der Waals surface area (Å²) >= 11 is 3.43. The number of halogens is 1. The molecule has 1 saturated heterocycles. The Hall–Kier alpha value is -0.540. The van der Waals surface area contributed by atoms with E-state index in [-0.39, 0.29) is 0 Å². The highest BCUT2D eigenvalue weighted by molar-refractivity contribution is 9.10. The van der Waals surface area contributed by atoms with Crippen LogP contribution < -0.4 is 4.74 Å². The fourth-order valence-electron chi connectivity index (χ4n) is 3.34. The van der Waals surface area contributed by atoms with Crippen LogP contribution in [0, 0.1) is 11.8 Å². The van der Waals surface area contributed by atoms with Crippen LogP contribution in [0.4, 0.5) is 0 Å². The molecule has 3 heteroatoms. The van der Waals surface area contributed by atoms with E-state index in [1.54, 1.807) is 0 Å². The number of hydrogen-bond acceptors (Lipinski definition) is 2. The molecule has 0 radical (unpaired) electrons. The number of ether oxygens (including phenoxy) is 1. The van der Waals surface area contributed by atoms with Crippen molar-refractivity contribution in [3.63, 3.8) is 0 Å². The first-order chi connectivity index (χ1) is 8.81. The van der Waals surface area contributed by atoms with Crippen LogP contribution in [-0.2, 0) is 0 Å². The van der Waals surface area contributed by atoms with E-state index in [2.05, 4.69) is 20.8 Å². The van der Waals surface area contributed by atoms with Crippen LogP contribution >= 0.6 is 15.9 Å². The lowest BCUT2D eigenvalue weighted by atomic mass is 10.0. The summed E-state index contributed by atoms with van der Waals surface area (Å²) in [6.07, 6.45) is 4.36. The van der Waals surface area contributed by atoms with Gasteiger partial charge in [0, 0.05) is 24.1 Å². The van der Waals surface area contributed by atoms with Crippen LogP contribution in [-0.4, -0.2) is 31.1 Å². The largest absolute Gasteiger partial charge is 0.492 e. The predicted molar refractivity (Wildman–Crippen MR) is 76.9 cm³/mol. The van der Waals surface area contributed by atoms with E-state index < -0.39 is 0 Å². The summed E-state index contributed by atoms with van der Waals surface area (Å²) < 4.78 is 6.88. The molecule has 3 rings (SSSR count). The predicted octanol–water partition coefficient (Wildman–Crippen LogP) is 3.56. The Morgan fingerprint density at radius 3 is 2.44 bits per heavy atom. The Labute approximate surface area is 117 Å². The fraction of sp³-hybridized carbons (Fsp3) is 0.600. The monoisotopic (exact) mass is 309 g/mol. The molecule has 2 fully saturated rings. The standard InChI is InChI=1S/C15H20BrNO/c16-14-4-6-15(7-5-14)18-9-8-17-10-12-2-1-3-13(12)11-17/h4-7,12-13H,1-3,8-11H2. The number of hydrogen-bond donors (Lipinski definition) is 0. The maximum atomic E-state index is 5.78. The minimum absolute atomic E-state index is 0.807. The number of benzene rings is 1. The van der Waals surface area contributed by atoms with Gasteiger partial charge in [0.25, 0.3) is 0 Å². The second-order valence-electron chi connectivity index (χ2n) is 5.51. The zero-order chi connectivity index (χ0) is 12.4. The smallest absolute Gasteiger partial charge is 0.119 e. The highest BCUT2D eigenvalue weighted by Gasteiger charge is 2.35. The van der Waals surface area contributed by atoms with Crippen molar-refractivity contribution in [1.29, 1.82) is 0 Å². The second kappa shape index (κ2) is 5.62. The average molecular weight is 310 g/mol. The molecule has 0 aromatic heterocycles. The minimum atomic E-state index is 0.807. The van der Waals surface area contributed by atoms with Crippen LogP contribution in [0.15, 0.2) is 28.7 Å². The minimum Gasteiger partial charge on any atom is -0.492 e. The van der Waals surface area contributed by atoms with E-state index in [4.69, 9.17) is 4.74 Å². The van der Waals surface area contributed by atoms with Crippen molar-refractivity contribution in [3.8, 4) is 5.75 Å². The lowest BCUT2D eigenvalue weighted by molar-refractivity contribution is 0.227. The molecular weight excluding hydrogens is 290 g/mol.